The van der Waals surface area contributed by atoms with Gasteiger partial charge in [0.15, 0.2) is 5.09 Å². The second kappa shape index (κ2) is 8.14. The van der Waals surface area contributed by atoms with Crippen LogP contribution in [0.5, 0.6) is 0 Å². The van der Waals surface area contributed by atoms with Gasteiger partial charge in [-0.05, 0) is 48.2 Å². The number of carbonyl (C=O) groups is 2. The largest absolute Gasteiger partial charge is 0.450 e. The summed E-state index contributed by atoms with van der Waals surface area (Å²) in [5.41, 5.74) is 0. The molecule has 1 aliphatic rings. The van der Waals surface area contributed by atoms with Gasteiger partial charge in [0.2, 0.25) is 0 Å². The molecule has 0 aliphatic carbocycles. The minimum atomic E-state index is -0.324. The van der Waals surface area contributed by atoms with Crippen LogP contribution in [0.25, 0.3) is 6.08 Å². The lowest BCUT2D eigenvalue weighted by atomic mass is 10.3. The first-order valence-electron chi connectivity index (χ1n) is 7.34. The minimum absolute atomic E-state index is 0.244. The van der Waals surface area contributed by atoms with E-state index in [2.05, 4.69) is 0 Å². The summed E-state index contributed by atoms with van der Waals surface area (Å²) in [6.45, 7) is 0.558. The van der Waals surface area contributed by atoms with Crippen molar-refractivity contribution >= 4 is 52.3 Å². The lowest BCUT2D eigenvalue weighted by Crippen LogP contribution is -2.31. The topological polar surface area (TPSA) is 59.8 Å². The van der Waals surface area contributed by atoms with Crippen LogP contribution in [0, 0.1) is 0 Å². The molecule has 1 fully saturated rings. The summed E-state index contributed by atoms with van der Waals surface area (Å²) in [5, 5.41) is 1.07. The van der Waals surface area contributed by atoms with Crippen LogP contribution >= 0.6 is 35.1 Å². The van der Waals surface area contributed by atoms with E-state index in [1.54, 1.807) is 12.1 Å². The molecule has 0 saturated carbocycles. The second-order valence-corrected chi connectivity index (χ2v) is 7.55. The summed E-state index contributed by atoms with van der Waals surface area (Å²) in [5.74, 6) is 0.198. The highest BCUT2D eigenvalue weighted by Crippen LogP contribution is 2.34. The molecule has 25 heavy (non-hydrogen) atoms. The zero-order valence-electron chi connectivity index (χ0n) is 13.2. The fourth-order valence-electron chi connectivity index (χ4n) is 2.09. The normalized spacial score (nSPS) is 16.2. The molecule has 0 unspecified atom stereocenters. The molecule has 0 radical (unpaired) electrons. The molecule has 2 aromatic rings. The van der Waals surface area contributed by atoms with E-state index in [1.165, 1.54) is 23.8 Å². The summed E-state index contributed by atoms with van der Waals surface area (Å²) >= 11 is 8.22. The highest BCUT2D eigenvalue weighted by molar-refractivity contribution is 8.18. The summed E-state index contributed by atoms with van der Waals surface area (Å²) in [7, 11) is 1.53. The van der Waals surface area contributed by atoms with E-state index in [9.17, 15) is 9.59 Å². The van der Waals surface area contributed by atoms with Crippen molar-refractivity contribution in [3.63, 3.8) is 0 Å². The SMILES string of the molecule is COCCN1C(=O)S/C(=C/c2ccc(Sc3ccc(Cl)cc3)o2)C1=O. The minimum Gasteiger partial charge on any atom is -0.450 e. The van der Waals surface area contributed by atoms with E-state index < -0.39 is 0 Å². The fraction of sp³-hybridized carbons (Fsp3) is 0.176. The van der Waals surface area contributed by atoms with Crippen molar-refractivity contribution in [2.75, 3.05) is 20.3 Å². The van der Waals surface area contributed by atoms with E-state index in [-0.39, 0.29) is 17.7 Å². The van der Waals surface area contributed by atoms with Crippen molar-refractivity contribution in [3.05, 3.63) is 52.1 Å². The van der Waals surface area contributed by atoms with Crippen molar-refractivity contribution in [1.82, 2.24) is 4.90 Å². The van der Waals surface area contributed by atoms with Crippen LogP contribution < -0.4 is 0 Å². The third-order valence-corrected chi connectivity index (χ3v) is 5.39. The Hall–Kier alpha value is -1.67. The summed E-state index contributed by atoms with van der Waals surface area (Å²) in [4.78, 5) is 26.7. The van der Waals surface area contributed by atoms with Crippen LogP contribution in [-0.2, 0) is 9.53 Å². The number of methoxy groups -OCH3 is 1. The van der Waals surface area contributed by atoms with Crippen LogP contribution in [0.2, 0.25) is 5.02 Å². The molecular formula is C17H14ClNO4S2. The maximum atomic E-state index is 12.3. The lowest BCUT2D eigenvalue weighted by molar-refractivity contribution is -0.123. The second-order valence-electron chi connectivity index (χ2n) is 5.04. The van der Waals surface area contributed by atoms with Gasteiger partial charge in [-0.1, -0.05) is 23.4 Å². The Morgan fingerprint density at radius 1 is 1.24 bits per heavy atom. The number of carbonyl (C=O) groups excluding carboxylic acids is 2. The average molecular weight is 396 g/mol. The molecule has 1 saturated heterocycles. The summed E-state index contributed by atoms with van der Waals surface area (Å²) < 4.78 is 10.6. The van der Waals surface area contributed by atoms with Gasteiger partial charge in [0.25, 0.3) is 11.1 Å². The molecule has 0 atom stereocenters. The average Bonchev–Trinajstić information content (AvgIpc) is 3.13. The van der Waals surface area contributed by atoms with Gasteiger partial charge < -0.3 is 9.15 Å². The molecule has 2 heterocycles. The predicted molar refractivity (Wildman–Crippen MR) is 98.8 cm³/mol. The summed E-state index contributed by atoms with van der Waals surface area (Å²) in [6.07, 6.45) is 1.59. The molecule has 8 heteroatoms. The Morgan fingerprint density at radius 2 is 2.00 bits per heavy atom. The first-order chi connectivity index (χ1) is 12.1. The lowest BCUT2D eigenvalue weighted by Gasteiger charge is -2.10. The van der Waals surface area contributed by atoms with Crippen molar-refractivity contribution < 1.29 is 18.7 Å². The van der Waals surface area contributed by atoms with Crippen LogP contribution in [0.4, 0.5) is 4.79 Å². The molecular weight excluding hydrogens is 382 g/mol. The maximum absolute atomic E-state index is 12.3. The number of imide groups is 1. The number of hydrogen-bond donors (Lipinski definition) is 0. The number of hydrogen-bond acceptors (Lipinski definition) is 6. The number of halogens is 1. The number of rotatable bonds is 6. The maximum Gasteiger partial charge on any atom is 0.293 e. The third-order valence-electron chi connectivity index (χ3n) is 3.30. The number of ether oxygens (including phenoxy) is 1. The standard InChI is InChI=1S/C17H14ClNO4S2/c1-22-9-8-19-16(20)14(25-17(19)21)10-12-4-7-15(23-12)24-13-5-2-11(18)3-6-13/h2-7,10H,8-9H2,1H3/b14-10+. The Labute approximate surface area is 158 Å². The van der Waals surface area contributed by atoms with Gasteiger partial charge in [0.05, 0.1) is 18.1 Å². The first kappa shape index (κ1) is 18.1. The van der Waals surface area contributed by atoms with Gasteiger partial charge in [0.1, 0.15) is 5.76 Å². The molecule has 0 spiro atoms. The molecule has 1 aliphatic heterocycles. The summed E-state index contributed by atoms with van der Waals surface area (Å²) in [6, 6.07) is 11.0. The first-order valence-corrected chi connectivity index (χ1v) is 9.35. The molecule has 0 N–H and O–H groups in total. The quantitative estimate of drug-likeness (QED) is 0.657. The third kappa shape index (κ3) is 4.49. The Bertz CT molecular complexity index is 816. The predicted octanol–water partition coefficient (Wildman–Crippen LogP) is 4.77. The Balaban J connectivity index is 1.70. The van der Waals surface area contributed by atoms with Gasteiger partial charge in [0, 0.05) is 23.1 Å². The number of thioether (sulfide) groups is 1. The molecule has 130 valence electrons. The van der Waals surface area contributed by atoms with Crippen molar-refractivity contribution in [1.29, 1.82) is 0 Å². The molecule has 2 amide bonds. The number of amides is 2. The van der Waals surface area contributed by atoms with Crippen LogP contribution in [0.3, 0.4) is 0 Å². The van der Waals surface area contributed by atoms with Gasteiger partial charge in [-0.25, -0.2) is 0 Å². The van der Waals surface area contributed by atoms with Crippen molar-refractivity contribution in [2.45, 2.75) is 9.99 Å². The smallest absolute Gasteiger partial charge is 0.293 e. The fourth-order valence-corrected chi connectivity index (χ4v) is 3.84. The molecule has 1 aromatic heterocycles. The monoisotopic (exact) mass is 395 g/mol. The van der Waals surface area contributed by atoms with Gasteiger partial charge >= 0.3 is 0 Å². The Kier molecular flexibility index (Phi) is 5.90. The Morgan fingerprint density at radius 3 is 2.72 bits per heavy atom. The zero-order valence-corrected chi connectivity index (χ0v) is 15.6. The highest BCUT2D eigenvalue weighted by Gasteiger charge is 2.34. The van der Waals surface area contributed by atoms with E-state index in [1.807, 2.05) is 30.3 Å². The van der Waals surface area contributed by atoms with E-state index in [0.717, 1.165) is 16.7 Å². The van der Waals surface area contributed by atoms with Gasteiger partial charge in [-0.2, -0.15) is 0 Å². The van der Waals surface area contributed by atoms with E-state index >= 15 is 0 Å². The molecule has 3 rings (SSSR count). The van der Waals surface area contributed by atoms with Gasteiger partial charge in [-0.3, -0.25) is 14.5 Å². The van der Waals surface area contributed by atoms with E-state index in [0.29, 0.717) is 27.4 Å². The number of furan rings is 1. The van der Waals surface area contributed by atoms with Crippen LogP contribution in [-0.4, -0.2) is 36.3 Å². The van der Waals surface area contributed by atoms with Crippen molar-refractivity contribution in [2.24, 2.45) is 0 Å². The van der Waals surface area contributed by atoms with Crippen LogP contribution in [0.15, 0.2) is 55.7 Å². The zero-order chi connectivity index (χ0) is 17.8. The van der Waals surface area contributed by atoms with Gasteiger partial charge in [-0.15, -0.1) is 0 Å². The molecule has 0 bridgehead atoms. The highest BCUT2D eigenvalue weighted by atomic mass is 35.5. The molecule has 5 nitrogen and oxygen atoms in total. The number of nitrogens with zero attached hydrogens (tertiary/aromatic N) is 1. The number of benzene rings is 1. The van der Waals surface area contributed by atoms with E-state index in [4.69, 9.17) is 20.8 Å². The molecule has 1 aromatic carbocycles. The van der Waals surface area contributed by atoms with Crippen LogP contribution in [0.1, 0.15) is 5.76 Å². The van der Waals surface area contributed by atoms with Crippen molar-refractivity contribution in [3.8, 4) is 0 Å².